The number of allylic oxidation sites excluding steroid dienone is 1. The van der Waals surface area contributed by atoms with Crippen LogP contribution in [0.15, 0.2) is 34.8 Å². The smallest absolute Gasteiger partial charge is 0.263 e. The number of hydrogen-bond acceptors (Lipinski definition) is 4. The lowest BCUT2D eigenvalue weighted by Crippen LogP contribution is -2.23. The molecular weight excluding hydrogens is 324 g/mol. The first-order valence-electron chi connectivity index (χ1n) is 7.94. The zero-order valence-electron chi connectivity index (χ0n) is 13.7. The molecule has 1 atom stereocenters. The van der Waals surface area contributed by atoms with Crippen molar-refractivity contribution in [3.05, 3.63) is 45.6 Å². The average Bonchev–Trinajstić information content (AvgIpc) is 2.85. The van der Waals surface area contributed by atoms with Gasteiger partial charge in [0, 0.05) is 17.2 Å². The van der Waals surface area contributed by atoms with E-state index in [2.05, 4.69) is 20.1 Å². The Kier molecular flexibility index (Phi) is 4.78. The number of hydrogen-bond donors (Lipinski definition) is 0. The molecule has 0 fully saturated rings. The summed E-state index contributed by atoms with van der Waals surface area (Å²) in [7, 11) is 0. The summed E-state index contributed by atoms with van der Waals surface area (Å²) in [6.07, 6.45) is 5.00. The normalized spacial score (nSPS) is 17.2. The van der Waals surface area contributed by atoms with Crippen LogP contribution in [0.25, 0.3) is 10.2 Å². The monoisotopic (exact) mass is 346 g/mol. The molecule has 2 heterocycles. The fraction of sp³-hybridized carbons (Fsp3) is 0.444. The van der Waals surface area contributed by atoms with Crippen molar-refractivity contribution in [2.45, 2.75) is 44.8 Å². The number of aryl methyl sites for hydroxylation is 1. The van der Waals surface area contributed by atoms with Crippen molar-refractivity contribution in [2.24, 2.45) is 5.92 Å². The first-order chi connectivity index (χ1) is 11.0. The molecule has 23 heavy (non-hydrogen) atoms. The van der Waals surface area contributed by atoms with Gasteiger partial charge in [-0.05, 0) is 37.7 Å². The molecule has 3 nitrogen and oxygen atoms in total. The Morgan fingerprint density at radius 2 is 2.35 bits per heavy atom. The van der Waals surface area contributed by atoms with Crippen molar-refractivity contribution in [3.8, 4) is 0 Å². The SMILES string of the molecule is C=CCn1c(SCC(=C)C)nc2sc3c(c2c1=O)CC[C@@H](C)C3. The van der Waals surface area contributed by atoms with Crippen LogP contribution < -0.4 is 5.56 Å². The van der Waals surface area contributed by atoms with Crippen LogP contribution in [0.4, 0.5) is 0 Å². The van der Waals surface area contributed by atoms with E-state index in [-0.39, 0.29) is 5.56 Å². The van der Waals surface area contributed by atoms with Gasteiger partial charge < -0.3 is 0 Å². The average molecular weight is 347 g/mol. The molecule has 1 aliphatic rings. The third-order valence-corrected chi connectivity index (χ3v) is 6.49. The van der Waals surface area contributed by atoms with Gasteiger partial charge >= 0.3 is 0 Å². The number of aromatic nitrogens is 2. The van der Waals surface area contributed by atoms with Crippen molar-refractivity contribution >= 4 is 33.3 Å². The Hall–Kier alpha value is -1.33. The maximum atomic E-state index is 13.0. The van der Waals surface area contributed by atoms with Crippen LogP contribution in [0.1, 0.15) is 30.7 Å². The van der Waals surface area contributed by atoms with E-state index in [4.69, 9.17) is 4.98 Å². The Labute approximate surface area is 145 Å². The number of thioether (sulfide) groups is 1. The molecule has 0 aromatic carbocycles. The summed E-state index contributed by atoms with van der Waals surface area (Å²) in [5.74, 6) is 1.47. The third-order valence-electron chi connectivity index (χ3n) is 4.14. The lowest BCUT2D eigenvalue weighted by Gasteiger charge is -2.17. The summed E-state index contributed by atoms with van der Waals surface area (Å²) in [4.78, 5) is 20.1. The van der Waals surface area contributed by atoms with Gasteiger partial charge in [-0.2, -0.15) is 0 Å². The van der Waals surface area contributed by atoms with E-state index >= 15 is 0 Å². The van der Waals surface area contributed by atoms with Crippen molar-refractivity contribution < 1.29 is 0 Å². The summed E-state index contributed by atoms with van der Waals surface area (Å²) in [5, 5.41) is 1.62. The van der Waals surface area contributed by atoms with Crippen molar-refractivity contribution in [3.63, 3.8) is 0 Å². The lowest BCUT2D eigenvalue weighted by atomic mass is 9.89. The predicted molar refractivity (Wildman–Crippen MR) is 101 cm³/mol. The first kappa shape index (κ1) is 16.5. The second-order valence-corrected chi connectivity index (χ2v) is 8.40. The summed E-state index contributed by atoms with van der Waals surface area (Å²) < 4.78 is 1.76. The molecule has 0 amide bonds. The molecule has 1 aliphatic carbocycles. The molecule has 122 valence electrons. The summed E-state index contributed by atoms with van der Waals surface area (Å²) in [6, 6.07) is 0. The van der Waals surface area contributed by atoms with E-state index in [0.29, 0.717) is 12.5 Å². The number of thiophene rings is 1. The van der Waals surface area contributed by atoms with Crippen LogP contribution in [0.5, 0.6) is 0 Å². The fourth-order valence-electron chi connectivity index (χ4n) is 2.99. The minimum atomic E-state index is 0.0890. The number of fused-ring (bicyclic) bond motifs is 3. The van der Waals surface area contributed by atoms with Crippen LogP contribution >= 0.6 is 23.1 Å². The quantitative estimate of drug-likeness (QED) is 0.456. The standard InChI is InChI=1S/C18H22N2OS2/c1-5-8-20-17(21)15-13-7-6-12(4)9-14(13)23-16(15)19-18(20)22-10-11(2)3/h5,12H,1-2,6-10H2,3-4H3/t12-/m1/s1. The van der Waals surface area contributed by atoms with Gasteiger partial charge in [0.05, 0.1) is 5.39 Å². The van der Waals surface area contributed by atoms with Crippen molar-refractivity contribution in [1.29, 1.82) is 0 Å². The zero-order valence-corrected chi connectivity index (χ0v) is 15.4. The van der Waals surface area contributed by atoms with Crippen LogP contribution in [0.3, 0.4) is 0 Å². The molecule has 0 unspecified atom stereocenters. The Bertz CT molecular complexity index is 832. The van der Waals surface area contributed by atoms with E-state index in [1.165, 1.54) is 10.4 Å². The molecule has 0 aliphatic heterocycles. The molecule has 0 bridgehead atoms. The Balaban J connectivity index is 2.17. The van der Waals surface area contributed by atoms with E-state index in [9.17, 15) is 4.79 Å². The fourth-order valence-corrected chi connectivity index (χ4v) is 5.27. The summed E-state index contributed by atoms with van der Waals surface area (Å²) in [6.45, 7) is 12.5. The second kappa shape index (κ2) is 6.65. The van der Waals surface area contributed by atoms with Crippen molar-refractivity contribution in [2.75, 3.05) is 5.75 Å². The highest BCUT2D eigenvalue weighted by atomic mass is 32.2. The minimum absolute atomic E-state index is 0.0890. The highest BCUT2D eigenvalue weighted by molar-refractivity contribution is 7.99. The molecular formula is C18H22N2OS2. The molecule has 2 aromatic heterocycles. The molecule has 3 rings (SSSR count). The van der Waals surface area contributed by atoms with Crippen LogP contribution in [0.2, 0.25) is 0 Å². The van der Waals surface area contributed by atoms with Crippen LogP contribution in [0, 0.1) is 5.92 Å². The third kappa shape index (κ3) is 3.17. The maximum absolute atomic E-state index is 13.0. The van der Waals surface area contributed by atoms with Gasteiger partial charge in [0.2, 0.25) is 0 Å². The highest BCUT2D eigenvalue weighted by Crippen LogP contribution is 2.36. The van der Waals surface area contributed by atoms with Crippen LogP contribution in [-0.2, 0) is 19.4 Å². The predicted octanol–water partition coefficient (Wildman–Crippen LogP) is 4.44. The Morgan fingerprint density at radius 3 is 3.04 bits per heavy atom. The molecule has 5 heteroatoms. The van der Waals surface area contributed by atoms with Crippen LogP contribution in [-0.4, -0.2) is 15.3 Å². The molecule has 0 radical (unpaired) electrons. The van der Waals surface area contributed by atoms with Gasteiger partial charge in [0.1, 0.15) is 4.83 Å². The van der Waals surface area contributed by atoms with Gasteiger partial charge in [0.15, 0.2) is 5.16 Å². The topological polar surface area (TPSA) is 34.9 Å². The van der Waals surface area contributed by atoms with E-state index in [1.54, 1.807) is 33.7 Å². The Morgan fingerprint density at radius 1 is 1.57 bits per heavy atom. The highest BCUT2D eigenvalue weighted by Gasteiger charge is 2.24. The van der Waals surface area contributed by atoms with E-state index in [1.807, 2.05) is 6.92 Å². The molecule has 0 N–H and O–H groups in total. The summed E-state index contributed by atoms with van der Waals surface area (Å²) in [5.41, 5.74) is 2.41. The van der Waals surface area contributed by atoms with E-state index < -0.39 is 0 Å². The second-order valence-electron chi connectivity index (χ2n) is 6.38. The van der Waals surface area contributed by atoms with Gasteiger partial charge in [-0.3, -0.25) is 9.36 Å². The maximum Gasteiger partial charge on any atom is 0.263 e. The molecule has 0 saturated carbocycles. The lowest BCUT2D eigenvalue weighted by molar-refractivity contribution is 0.509. The number of rotatable bonds is 5. The molecule has 0 spiro atoms. The van der Waals surface area contributed by atoms with Crippen molar-refractivity contribution in [1.82, 2.24) is 9.55 Å². The minimum Gasteiger partial charge on any atom is -0.283 e. The first-order valence-corrected chi connectivity index (χ1v) is 9.74. The molecule has 0 saturated heterocycles. The van der Waals surface area contributed by atoms with Gasteiger partial charge in [-0.15, -0.1) is 17.9 Å². The largest absolute Gasteiger partial charge is 0.283 e. The summed E-state index contributed by atoms with van der Waals surface area (Å²) >= 11 is 3.29. The molecule has 2 aromatic rings. The number of nitrogens with zero attached hydrogens (tertiary/aromatic N) is 2. The zero-order chi connectivity index (χ0) is 16.6. The van der Waals surface area contributed by atoms with Gasteiger partial charge in [-0.25, -0.2) is 4.98 Å². The van der Waals surface area contributed by atoms with Gasteiger partial charge in [-0.1, -0.05) is 36.9 Å². The van der Waals surface area contributed by atoms with E-state index in [0.717, 1.165) is 46.0 Å². The van der Waals surface area contributed by atoms with Gasteiger partial charge in [0.25, 0.3) is 5.56 Å².